The molecule has 0 saturated heterocycles. The quantitative estimate of drug-likeness (QED) is 0.328. The Morgan fingerprint density at radius 3 is 2.15 bits per heavy atom. The topological polar surface area (TPSA) is 159 Å². The molecule has 12 heteroatoms. The molecule has 0 fully saturated rings. The van der Waals surface area contributed by atoms with E-state index >= 15 is 0 Å². The minimum Gasteiger partial charge on any atom is -0.372 e. The monoisotopic (exact) mass is 609 g/mol. The maximum atomic E-state index is 13.3. The third-order valence-electron chi connectivity index (χ3n) is 6.45. The summed E-state index contributed by atoms with van der Waals surface area (Å²) in [6.07, 6.45) is 1.69. The first-order chi connectivity index (χ1) is 19.5. The number of hydrogen-bond acceptors (Lipinski definition) is 7. The van der Waals surface area contributed by atoms with E-state index < -0.39 is 24.0 Å². The van der Waals surface area contributed by atoms with Gasteiger partial charge in [-0.3, -0.25) is 24.0 Å². The molecular formula is C29H47N5O5S2. The fraction of sp³-hybridized carbons (Fsp3) is 0.621. The van der Waals surface area contributed by atoms with Crippen molar-refractivity contribution in [3.63, 3.8) is 0 Å². The van der Waals surface area contributed by atoms with Crippen LogP contribution in [0.15, 0.2) is 24.3 Å². The summed E-state index contributed by atoms with van der Waals surface area (Å²) in [5.41, 5.74) is 6.60. The number of primary amides is 1. The molecule has 0 unspecified atom stereocenters. The lowest BCUT2D eigenvalue weighted by molar-refractivity contribution is -0.134. The van der Waals surface area contributed by atoms with Gasteiger partial charge in [0.15, 0.2) is 0 Å². The molecule has 0 aromatic heterocycles. The van der Waals surface area contributed by atoms with Crippen molar-refractivity contribution in [2.45, 2.75) is 83.5 Å². The Labute approximate surface area is 252 Å². The van der Waals surface area contributed by atoms with Gasteiger partial charge in [0.2, 0.25) is 30.0 Å². The molecule has 0 spiro atoms. The second kappa shape index (κ2) is 20.2. The van der Waals surface area contributed by atoms with Crippen LogP contribution in [-0.4, -0.2) is 66.2 Å². The molecule has 0 saturated carbocycles. The lowest BCUT2D eigenvalue weighted by Gasteiger charge is -2.28. The standard InChI is InChI=1S/C28H44N4O4S2.CH3NO/c1-6-19(4)25-28(36)29-11-13-38-17-22-9-7-8-21(15-22)16-37-12-10-24(33)30-20(5)26(34)31-23(14-18(2)3)27(35)32-25;2-1-3/h7-9,15,18-20,23,25H,6,10-14,16-17H2,1-5H3,(H,29,36)(H,30,33)(H,31,34)(H,32,35);1H,(H2,2,3)/t19-,20+,23-,25-;/m0./s1. The summed E-state index contributed by atoms with van der Waals surface area (Å²) >= 11 is 3.42. The zero-order valence-corrected chi connectivity index (χ0v) is 26.5. The van der Waals surface area contributed by atoms with Gasteiger partial charge in [0, 0.05) is 36.0 Å². The number of amides is 5. The Morgan fingerprint density at radius 1 is 0.951 bits per heavy atom. The van der Waals surface area contributed by atoms with Crippen LogP contribution < -0.4 is 27.0 Å². The van der Waals surface area contributed by atoms with Gasteiger partial charge in [-0.05, 0) is 36.3 Å². The third kappa shape index (κ3) is 14.6. The van der Waals surface area contributed by atoms with E-state index in [2.05, 4.69) is 45.2 Å². The maximum absolute atomic E-state index is 13.3. The number of carbonyl (C=O) groups excluding carboxylic acids is 5. The molecular weight excluding hydrogens is 562 g/mol. The van der Waals surface area contributed by atoms with Gasteiger partial charge >= 0.3 is 0 Å². The van der Waals surface area contributed by atoms with Crippen molar-refractivity contribution in [1.29, 1.82) is 0 Å². The molecule has 230 valence electrons. The Bertz CT molecular complexity index is 994. The van der Waals surface area contributed by atoms with Gasteiger partial charge in [-0.1, -0.05) is 58.4 Å². The van der Waals surface area contributed by atoms with Gasteiger partial charge in [-0.25, -0.2) is 0 Å². The largest absolute Gasteiger partial charge is 0.372 e. The van der Waals surface area contributed by atoms with E-state index in [4.69, 9.17) is 4.79 Å². The highest BCUT2D eigenvalue weighted by atomic mass is 32.2. The Morgan fingerprint density at radius 2 is 1.56 bits per heavy atom. The van der Waals surface area contributed by atoms with Gasteiger partial charge in [-0.2, -0.15) is 23.5 Å². The van der Waals surface area contributed by atoms with Gasteiger partial charge in [0.1, 0.15) is 18.1 Å². The van der Waals surface area contributed by atoms with Gasteiger partial charge in [0.05, 0.1) is 0 Å². The number of thioether (sulfide) groups is 2. The SMILES string of the molecule is CC[C@H](C)[C@@H]1NC(=O)[C@H](CC(C)C)NC(=O)[C@@H](C)NC(=O)CCSCc2cccc(c2)CSCCNC1=O.NC=O. The van der Waals surface area contributed by atoms with E-state index in [9.17, 15) is 19.2 Å². The van der Waals surface area contributed by atoms with Crippen LogP contribution in [0.5, 0.6) is 0 Å². The van der Waals surface area contributed by atoms with E-state index in [-0.39, 0.29) is 36.0 Å². The van der Waals surface area contributed by atoms with Crippen LogP contribution in [0.1, 0.15) is 65.0 Å². The van der Waals surface area contributed by atoms with Crippen molar-refractivity contribution in [3.05, 3.63) is 35.4 Å². The minimum atomic E-state index is -0.806. The van der Waals surface area contributed by atoms with Crippen LogP contribution >= 0.6 is 23.5 Å². The Kier molecular flexibility index (Phi) is 17.9. The van der Waals surface area contributed by atoms with Gasteiger partial charge in [0.25, 0.3) is 0 Å². The fourth-order valence-electron chi connectivity index (χ4n) is 4.05. The molecule has 1 aromatic carbocycles. The number of rotatable bonds is 4. The first kappa shape index (κ1) is 36.3. The predicted octanol–water partition coefficient (Wildman–Crippen LogP) is 2.34. The minimum absolute atomic E-state index is 0.0774. The van der Waals surface area contributed by atoms with E-state index in [0.717, 1.165) is 17.3 Å². The molecule has 10 nitrogen and oxygen atoms in total. The molecule has 4 atom stereocenters. The van der Waals surface area contributed by atoms with Crippen molar-refractivity contribution >= 4 is 53.6 Å². The summed E-state index contributed by atoms with van der Waals surface area (Å²) < 4.78 is 0. The molecule has 1 aliphatic heterocycles. The molecule has 41 heavy (non-hydrogen) atoms. The predicted molar refractivity (Wildman–Crippen MR) is 167 cm³/mol. The molecule has 1 aliphatic rings. The summed E-state index contributed by atoms with van der Waals surface area (Å²) in [6.45, 7) is 9.97. The smallest absolute Gasteiger partial charge is 0.243 e. The van der Waals surface area contributed by atoms with Crippen molar-refractivity contribution < 1.29 is 24.0 Å². The number of nitrogens with two attached hydrogens (primary N) is 1. The molecule has 0 aliphatic carbocycles. The van der Waals surface area contributed by atoms with Crippen LogP contribution in [0.2, 0.25) is 0 Å². The Balaban J connectivity index is 0.00000268. The van der Waals surface area contributed by atoms with E-state index in [1.54, 1.807) is 30.4 Å². The van der Waals surface area contributed by atoms with Gasteiger partial charge in [-0.15, -0.1) is 0 Å². The van der Waals surface area contributed by atoms with E-state index in [1.165, 1.54) is 11.1 Å². The fourth-order valence-corrected chi connectivity index (χ4v) is 5.74. The molecule has 1 heterocycles. The second-order valence-electron chi connectivity index (χ2n) is 10.5. The first-order valence-electron chi connectivity index (χ1n) is 14.1. The van der Waals surface area contributed by atoms with Crippen molar-refractivity contribution in [2.75, 3.05) is 18.1 Å². The highest BCUT2D eigenvalue weighted by Gasteiger charge is 2.31. The Hall–Kier alpha value is -2.73. The molecule has 0 radical (unpaired) electrons. The van der Waals surface area contributed by atoms with Crippen molar-refractivity contribution in [1.82, 2.24) is 21.3 Å². The number of fused-ring (bicyclic) bond motifs is 2. The normalized spacial score (nSPS) is 22.7. The number of benzene rings is 1. The average molecular weight is 610 g/mol. The zero-order valence-electron chi connectivity index (χ0n) is 24.9. The van der Waals surface area contributed by atoms with Crippen LogP contribution in [0, 0.1) is 11.8 Å². The summed E-state index contributed by atoms with van der Waals surface area (Å²) in [4.78, 5) is 60.2. The van der Waals surface area contributed by atoms with Crippen LogP contribution in [0.25, 0.3) is 0 Å². The van der Waals surface area contributed by atoms with Crippen LogP contribution in [0.4, 0.5) is 0 Å². The maximum Gasteiger partial charge on any atom is 0.243 e. The number of hydrogen-bond donors (Lipinski definition) is 5. The second-order valence-corrected chi connectivity index (χ2v) is 12.7. The average Bonchev–Trinajstić information content (AvgIpc) is 2.92. The van der Waals surface area contributed by atoms with Crippen molar-refractivity contribution in [2.24, 2.45) is 17.6 Å². The van der Waals surface area contributed by atoms with Crippen LogP contribution in [-0.2, 0) is 35.5 Å². The summed E-state index contributed by atoms with van der Waals surface area (Å²) in [7, 11) is 0. The highest BCUT2D eigenvalue weighted by molar-refractivity contribution is 7.98. The zero-order chi connectivity index (χ0) is 30.8. The highest BCUT2D eigenvalue weighted by Crippen LogP contribution is 2.18. The molecule has 2 rings (SSSR count). The number of carbonyl (C=O) groups is 5. The number of nitrogens with one attached hydrogen (secondary N) is 4. The molecule has 5 amide bonds. The van der Waals surface area contributed by atoms with Crippen LogP contribution in [0.3, 0.4) is 0 Å². The summed E-state index contributed by atoms with van der Waals surface area (Å²) in [6, 6.07) is 6.12. The summed E-state index contributed by atoms with van der Waals surface area (Å²) in [5, 5.41) is 11.4. The van der Waals surface area contributed by atoms with E-state index in [1.807, 2.05) is 33.8 Å². The molecule has 2 bridgehead atoms. The lowest BCUT2D eigenvalue weighted by atomic mass is 9.96. The van der Waals surface area contributed by atoms with Gasteiger partial charge < -0.3 is 27.0 Å². The third-order valence-corrected chi connectivity index (χ3v) is 8.51. The van der Waals surface area contributed by atoms with Crippen molar-refractivity contribution in [3.8, 4) is 0 Å². The lowest BCUT2D eigenvalue weighted by Crippen LogP contribution is -2.58. The molecule has 6 N–H and O–H groups in total. The first-order valence-corrected chi connectivity index (χ1v) is 16.4. The summed E-state index contributed by atoms with van der Waals surface area (Å²) in [5.74, 6) is 1.88. The molecule has 1 aromatic rings. The van der Waals surface area contributed by atoms with E-state index in [0.29, 0.717) is 31.6 Å².